The maximum Gasteiger partial charge on any atom is 0.0626 e. The molecule has 94 valence electrons. The fourth-order valence-electron chi connectivity index (χ4n) is 2.47. The maximum atomic E-state index is 8.69. The SMILES string of the molecule is C[C@@H]1c2cc(C=NCCO)[nH]c2[C@@H](C)CN1C. The van der Waals surface area contributed by atoms with E-state index in [1.54, 1.807) is 0 Å². The minimum Gasteiger partial charge on any atom is -0.394 e. The molecule has 1 aromatic rings. The average molecular weight is 235 g/mol. The molecule has 0 saturated heterocycles. The molecular formula is C13H21N3O. The largest absolute Gasteiger partial charge is 0.394 e. The fourth-order valence-corrected chi connectivity index (χ4v) is 2.47. The molecule has 1 aromatic heterocycles. The standard InChI is InChI=1S/C13H21N3O/c1-9-8-16(3)10(2)12-6-11(15-13(9)12)7-14-4-5-17/h6-7,9-10,15,17H,4-5,8H2,1-3H3/t9-,10+/m0/s1. The van der Waals surface area contributed by atoms with Gasteiger partial charge in [0.2, 0.25) is 0 Å². The summed E-state index contributed by atoms with van der Waals surface area (Å²) in [6.45, 7) is 6.13. The topological polar surface area (TPSA) is 51.6 Å². The summed E-state index contributed by atoms with van der Waals surface area (Å²) >= 11 is 0. The Balaban J connectivity index is 2.25. The lowest BCUT2D eigenvalue weighted by Gasteiger charge is -2.33. The Morgan fingerprint density at radius 2 is 2.35 bits per heavy atom. The summed E-state index contributed by atoms with van der Waals surface area (Å²) in [5, 5.41) is 8.69. The molecule has 0 aliphatic carbocycles. The number of fused-ring (bicyclic) bond motifs is 1. The van der Waals surface area contributed by atoms with Crippen LogP contribution in [-0.4, -0.2) is 47.9 Å². The molecule has 2 atom stereocenters. The highest BCUT2D eigenvalue weighted by atomic mass is 16.3. The molecule has 0 amide bonds. The van der Waals surface area contributed by atoms with Gasteiger partial charge in [0.25, 0.3) is 0 Å². The van der Waals surface area contributed by atoms with Crippen LogP contribution in [0.25, 0.3) is 0 Å². The van der Waals surface area contributed by atoms with Gasteiger partial charge >= 0.3 is 0 Å². The van der Waals surface area contributed by atoms with E-state index < -0.39 is 0 Å². The second kappa shape index (κ2) is 5.02. The number of aliphatic hydroxyl groups is 1. The summed E-state index contributed by atoms with van der Waals surface area (Å²) in [6, 6.07) is 2.63. The van der Waals surface area contributed by atoms with Crippen LogP contribution in [0.2, 0.25) is 0 Å². The molecule has 17 heavy (non-hydrogen) atoms. The van der Waals surface area contributed by atoms with E-state index in [0.717, 1.165) is 12.2 Å². The first-order valence-corrected chi connectivity index (χ1v) is 6.17. The predicted octanol–water partition coefficient (Wildman–Crippen LogP) is 1.54. The summed E-state index contributed by atoms with van der Waals surface area (Å²) in [5.74, 6) is 0.534. The van der Waals surface area contributed by atoms with Crippen LogP contribution in [0, 0.1) is 0 Å². The van der Waals surface area contributed by atoms with Crippen molar-refractivity contribution in [1.29, 1.82) is 0 Å². The highest BCUT2D eigenvalue weighted by molar-refractivity contribution is 5.78. The molecule has 2 N–H and O–H groups in total. The third kappa shape index (κ3) is 2.42. The number of nitrogens with zero attached hydrogens (tertiary/aromatic N) is 2. The first kappa shape index (κ1) is 12.3. The Labute approximate surface area is 102 Å². The second-order valence-corrected chi connectivity index (χ2v) is 4.87. The van der Waals surface area contributed by atoms with Crippen molar-refractivity contribution in [3.8, 4) is 0 Å². The minimum atomic E-state index is 0.104. The van der Waals surface area contributed by atoms with Crippen LogP contribution < -0.4 is 0 Å². The van der Waals surface area contributed by atoms with Crippen molar-refractivity contribution >= 4 is 6.21 Å². The third-order valence-electron chi connectivity index (χ3n) is 3.53. The molecule has 0 fully saturated rings. The highest BCUT2D eigenvalue weighted by Crippen LogP contribution is 2.34. The van der Waals surface area contributed by atoms with E-state index in [1.807, 2.05) is 6.21 Å². The van der Waals surface area contributed by atoms with Gasteiger partial charge in [-0.3, -0.25) is 9.89 Å². The van der Waals surface area contributed by atoms with Gasteiger partial charge in [-0.1, -0.05) is 6.92 Å². The molecule has 0 aromatic carbocycles. The van der Waals surface area contributed by atoms with Crippen molar-refractivity contribution in [3.63, 3.8) is 0 Å². The molecule has 0 bridgehead atoms. The van der Waals surface area contributed by atoms with Gasteiger partial charge in [0.1, 0.15) is 0 Å². The second-order valence-electron chi connectivity index (χ2n) is 4.87. The van der Waals surface area contributed by atoms with Crippen LogP contribution in [0.5, 0.6) is 0 Å². The number of aromatic nitrogens is 1. The molecular weight excluding hydrogens is 214 g/mol. The van der Waals surface area contributed by atoms with Crippen molar-refractivity contribution < 1.29 is 5.11 Å². The Morgan fingerprint density at radius 1 is 1.59 bits per heavy atom. The van der Waals surface area contributed by atoms with Gasteiger partial charge in [-0.25, -0.2) is 0 Å². The Kier molecular flexibility index (Phi) is 3.64. The van der Waals surface area contributed by atoms with E-state index in [1.165, 1.54) is 11.3 Å². The molecule has 4 nitrogen and oxygen atoms in total. The number of nitrogens with one attached hydrogen (secondary N) is 1. The summed E-state index contributed by atoms with van der Waals surface area (Å²) in [5.41, 5.74) is 3.75. The van der Waals surface area contributed by atoms with Gasteiger partial charge in [-0.05, 0) is 25.6 Å². The lowest BCUT2D eigenvalue weighted by Crippen LogP contribution is -2.32. The molecule has 0 unspecified atom stereocenters. The van der Waals surface area contributed by atoms with Crippen LogP contribution in [0.1, 0.15) is 42.8 Å². The molecule has 2 heterocycles. The zero-order valence-electron chi connectivity index (χ0n) is 10.8. The van der Waals surface area contributed by atoms with Gasteiger partial charge in [-0.15, -0.1) is 0 Å². The molecule has 0 saturated carbocycles. The van der Waals surface area contributed by atoms with E-state index in [0.29, 0.717) is 18.5 Å². The quantitative estimate of drug-likeness (QED) is 0.781. The van der Waals surface area contributed by atoms with Crippen LogP contribution in [0.4, 0.5) is 0 Å². The zero-order valence-corrected chi connectivity index (χ0v) is 10.8. The summed E-state index contributed by atoms with van der Waals surface area (Å²) in [4.78, 5) is 9.96. The lowest BCUT2D eigenvalue weighted by molar-refractivity contribution is 0.227. The van der Waals surface area contributed by atoms with Gasteiger partial charge in [0, 0.05) is 30.4 Å². The highest BCUT2D eigenvalue weighted by Gasteiger charge is 2.27. The number of aliphatic imine (C=N–C) groups is 1. The van der Waals surface area contributed by atoms with E-state index in [9.17, 15) is 0 Å². The van der Waals surface area contributed by atoms with E-state index in [2.05, 4.69) is 41.8 Å². The van der Waals surface area contributed by atoms with Gasteiger partial charge in [-0.2, -0.15) is 0 Å². The molecule has 0 radical (unpaired) electrons. The average Bonchev–Trinajstić information content (AvgIpc) is 2.71. The van der Waals surface area contributed by atoms with Gasteiger partial charge < -0.3 is 10.1 Å². The first-order valence-electron chi connectivity index (χ1n) is 6.17. The summed E-state index contributed by atoms with van der Waals surface area (Å²) in [6.07, 6.45) is 1.81. The van der Waals surface area contributed by atoms with Crippen LogP contribution in [-0.2, 0) is 0 Å². The number of aliphatic hydroxyl groups excluding tert-OH is 1. The monoisotopic (exact) mass is 235 g/mol. The van der Waals surface area contributed by atoms with Crippen LogP contribution in [0.3, 0.4) is 0 Å². The molecule has 0 spiro atoms. The normalized spacial score (nSPS) is 25.4. The predicted molar refractivity (Wildman–Crippen MR) is 69.8 cm³/mol. The number of hydrogen-bond acceptors (Lipinski definition) is 3. The zero-order chi connectivity index (χ0) is 12.4. The Hall–Kier alpha value is -1.13. The Morgan fingerprint density at radius 3 is 3.06 bits per heavy atom. The molecule has 1 aliphatic heterocycles. The van der Waals surface area contributed by atoms with Gasteiger partial charge in [0.05, 0.1) is 18.8 Å². The molecule has 4 heteroatoms. The lowest BCUT2D eigenvalue weighted by atomic mass is 9.93. The molecule has 2 rings (SSSR count). The fraction of sp³-hybridized carbons (Fsp3) is 0.615. The van der Waals surface area contributed by atoms with Crippen molar-refractivity contribution in [2.45, 2.75) is 25.8 Å². The molecule has 1 aliphatic rings. The van der Waals surface area contributed by atoms with Gasteiger partial charge in [0.15, 0.2) is 0 Å². The van der Waals surface area contributed by atoms with Crippen molar-refractivity contribution in [2.24, 2.45) is 4.99 Å². The number of hydrogen-bond donors (Lipinski definition) is 2. The van der Waals surface area contributed by atoms with E-state index >= 15 is 0 Å². The maximum absolute atomic E-state index is 8.69. The van der Waals surface area contributed by atoms with Crippen LogP contribution >= 0.6 is 0 Å². The number of H-pyrrole nitrogens is 1. The number of aromatic amines is 1. The van der Waals surface area contributed by atoms with Crippen LogP contribution in [0.15, 0.2) is 11.1 Å². The minimum absolute atomic E-state index is 0.104. The Bertz CT molecular complexity index is 411. The van der Waals surface area contributed by atoms with Crippen molar-refractivity contribution in [1.82, 2.24) is 9.88 Å². The smallest absolute Gasteiger partial charge is 0.0626 e. The summed E-state index contributed by atoms with van der Waals surface area (Å²) in [7, 11) is 2.16. The van der Waals surface area contributed by atoms with E-state index in [4.69, 9.17) is 5.11 Å². The number of likely N-dealkylation sites (N-methyl/N-ethyl adjacent to an activating group) is 1. The van der Waals surface area contributed by atoms with Crippen molar-refractivity contribution in [2.75, 3.05) is 26.7 Å². The van der Waals surface area contributed by atoms with Crippen molar-refractivity contribution in [3.05, 3.63) is 23.0 Å². The third-order valence-corrected chi connectivity index (χ3v) is 3.53. The first-order chi connectivity index (χ1) is 8.13. The van der Waals surface area contributed by atoms with E-state index in [-0.39, 0.29) is 6.61 Å². The number of rotatable bonds is 3. The summed E-state index contributed by atoms with van der Waals surface area (Å²) < 4.78 is 0.